The number of rotatable bonds is 8. The molecule has 0 saturated heterocycles. The maximum absolute atomic E-state index is 11.5. The van der Waals surface area contributed by atoms with Gasteiger partial charge in [0.1, 0.15) is 5.54 Å². The van der Waals surface area contributed by atoms with Crippen LogP contribution in [0.25, 0.3) is 0 Å². The van der Waals surface area contributed by atoms with Crippen LogP contribution in [0.5, 0.6) is 0 Å². The molecule has 0 aromatic carbocycles. The van der Waals surface area contributed by atoms with Crippen LogP contribution in [0.2, 0.25) is 0 Å². The molecule has 5 nitrogen and oxygen atoms in total. The quantitative estimate of drug-likeness (QED) is 0.521. The molecule has 0 fully saturated rings. The number of unbranched alkanes of at least 4 members (excludes halogenated alkanes) is 3. The van der Waals surface area contributed by atoms with Gasteiger partial charge >= 0.3 is 0 Å². The van der Waals surface area contributed by atoms with Crippen molar-refractivity contribution < 1.29 is 9.59 Å². The number of hydrogen-bond acceptors (Lipinski definition) is 3. The van der Waals surface area contributed by atoms with Crippen molar-refractivity contribution in [1.29, 1.82) is 0 Å². The average molecular weight is 229 g/mol. The Morgan fingerprint density at radius 3 is 2.19 bits per heavy atom. The van der Waals surface area contributed by atoms with Crippen molar-refractivity contribution >= 4 is 11.8 Å². The molecular formula is C11H23N3O2. The third-order valence-corrected chi connectivity index (χ3v) is 2.43. The minimum Gasteiger partial charge on any atom is -0.368 e. The minimum absolute atomic E-state index is 0.128. The molecule has 2 amide bonds. The Morgan fingerprint density at radius 1 is 1.12 bits per heavy atom. The van der Waals surface area contributed by atoms with Crippen molar-refractivity contribution in [2.45, 2.75) is 51.5 Å². The van der Waals surface area contributed by atoms with E-state index in [9.17, 15) is 9.59 Å². The van der Waals surface area contributed by atoms with Gasteiger partial charge in [-0.05, 0) is 33.2 Å². The highest BCUT2D eigenvalue weighted by molar-refractivity contribution is 5.89. The van der Waals surface area contributed by atoms with Gasteiger partial charge in [0.05, 0.1) is 0 Å². The molecule has 16 heavy (non-hydrogen) atoms. The minimum atomic E-state index is -0.964. The van der Waals surface area contributed by atoms with E-state index < -0.39 is 11.4 Å². The lowest BCUT2D eigenvalue weighted by molar-refractivity contribution is -0.130. The number of carbonyl (C=O) groups excluding carboxylic acids is 2. The first kappa shape index (κ1) is 14.9. The zero-order chi connectivity index (χ0) is 12.6. The number of hydrogen-bond donors (Lipinski definition) is 3. The fourth-order valence-corrected chi connectivity index (χ4v) is 1.26. The number of primary amides is 1. The Bertz CT molecular complexity index is 239. The molecule has 0 aliphatic rings. The molecule has 0 aromatic heterocycles. The van der Waals surface area contributed by atoms with Gasteiger partial charge in [0, 0.05) is 6.42 Å². The molecule has 0 radical (unpaired) electrons. The Hall–Kier alpha value is -1.10. The maximum Gasteiger partial charge on any atom is 0.242 e. The number of carbonyl (C=O) groups is 2. The zero-order valence-corrected chi connectivity index (χ0v) is 10.2. The van der Waals surface area contributed by atoms with E-state index in [0.29, 0.717) is 13.0 Å². The summed E-state index contributed by atoms with van der Waals surface area (Å²) in [7, 11) is 0. The van der Waals surface area contributed by atoms with Gasteiger partial charge in [0.25, 0.3) is 0 Å². The molecule has 0 atom stereocenters. The van der Waals surface area contributed by atoms with Gasteiger partial charge in [0.15, 0.2) is 0 Å². The molecule has 0 heterocycles. The first-order valence-corrected chi connectivity index (χ1v) is 5.71. The van der Waals surface area contributed by atoms with Gasteiger partial charge in [-0.3, -0.25) is 9.59 Å². The molecule has 0 saturated carbocycles. The molecule has 0 rings (SSSR count). The van der Waals surface area contributed by atoms with E-state index in [-0.39, 0.29) is 5.91 Å². The van der Waals surface area contributed by atoms with Crippen LogP contribution in [-0.2, 0) is 9.59 Å². The van der Waals surface area contributed by atoms with Crippen molar-refractivity contribution in [2.24, 2.45) is 11.5 Å². The predicted molar refractivity (Wildman–Crippen MR) is 63.6 cm³/mol. The molecule has 0 aliphatic carbocycles. The monoisotopic (exact) mass is 229 g/mol. The summed E-state index contributed by atoms with van der Waals surface area (Å²) in [4.78, 5) is 22.4. The standard InChI is InChI=1S/C11H23N3O2/c1-11(2,10(13)16)14-9(15)7-5-3-4-6-8-12/h3-8,12H2,1-2H3,(H2,13,16)(H,14,15). The van der Waals surface area contributed by atoms with Gasteiger partial charge in [-0.1, -0.05) is 12.8 Å². The highest BCUT2D eigenvalue weighted by Crippen LogP contribution is 2.05. The summed E-state index contributed by atoms with van der Waals surface area (Å²) in [5.74, 6) is -0.652. The van der Waals surface area contributed by atoms with Crippen LogP contribution in [0, 0.1) is 0 Å². The van der Waals surface area contributed by atoms with Crippen LogP contribution in [0.3, 0.4) is 0 Å². The molecule has 0 aromatic rings. The summed E-state index contributed by atoms with van der Waals surface area (Å²) < 4.78 is 0. The second-order valence-electron chi connectivity index (χ2n) is 4.49. The summed E-state index contributed by atoms with van der Waals surface area (Å²) in [5.41, 5.74) is 9.54. The topological polar surface area (TPSA) is 98.2 Å². The number of nitrogens with two attached hydrogens (primary N) is 2. The average Bonchev–Trinajstić information content (AvgIpc) is 2.16. The fourth-order valence-electron chi connectivity index (χ4n) is 1.26. The molecule has 5 heteroatoms. The second kappa shape index (κ2) is 7.22. The van der Waals surface area contributed by atoms with Gasteiger partial charge in [0.2, 0.25) is 11.8 Å². The van der Waals surface area contributed by atoms with Crippen LogP contribution >= 0.6 is 0 Å². The smallest absolute Gasteiger partial charge is 0.242 e. The summed E-state index contributed by atoms with van der Waals surface area (Å²) in [6.45, 7) is 3.89. The molecule has 0 aliphatic heterocycles. The number of amides is 2. The molecule has 5 N–H and O–H groups in total. The predicted octanol–water partition coefficient (Wildman–Crippen LogP) is 0.276. The molecule has 94 valence electrons. The molecule has 0 unspecified atom stereocenters. The van der Waals surface area contributed by atoms with Gasteiger partial charge in [-0.15, -0.1) is 0 Å². The first-order chi connectivity index (χ1) is 7.40. The molecular weight excluding hydrogens is 206 g/mol. The van der Waals surface area contributed by atoms with E-state index in [1.807, 2.05) is 0 Å². The lowest BCUT2D eigenvalue weighted by Gasteiger charge is -2.22. The zero-order valence-electron chi connectivity index (χ0n) is 10.2. The molecule has 0 bridgehead atoms. The van der Waals surface area contributed by atoms with Crippen molar-refractivity contribution in [1.82, 2.24) is 5.32 Å². The first-order valence-electron chi connectivity index (χ1n) is 5.71. The van der Waals surface area contributed by atoms with E-state index in [2.05, 4.69) is 5.32 Å². The van der Waals surface area contributed by atoms with Crippen molar-refractivity contribution in [3.05, 3.63) is 0 Å². The van der Waals surface area contributed by atoms with E-state index in [1.54, 1.807) is 13.8 Å². The number of nitrogens with one attached hydrogen (secondary N) is 1. The lowest BCUT2D eigenvalue weighted by Crippen LogP contribution is -2.52. The fraction of sp³-hybridized carbons (Fsp3) is 0.818. The third kappa shape index (κ3) is 6.40. The van der Waals surface area contributed by atoms with Crippen LogP contribution in [-0.4, -0.2) is 23.9 Å². The SMILES string of the molecule is CC(C)(NC(=O)CCCCCCN)C(N)=O. The van der Waals surface area contributed by atoms with Crippen LogP contribution in [0.15, 0.2) is 0 Å². The molecule has 0 spiro atoms. The maximum atomic E-state index is 11.5. The van der Waals surface area contributed by atoms with Crippen molar-refractivity contribution in [2.75, 3.05) is 6.54 Å². The highest BCUT2D eigenvalue weighted by atomic mass is 16.2. The second-order valence-corrected chi connectivity index (χ2v) is 4.49. The van der Waals surface area contributed by atoms with E-state index in [4.69, 9.17) is 11.5 Å². The van der Waals surface area contributed by atoms with E-state index in [1.165, 1.54) is 0 Å². The van der Waals surface area contributed by atoms with Gasteiger partial charge < -0.3 is 16.8 Å². The summed E-state index contributed by atoms with van der Waals surface area (Å²) in [5, 5.41) is 2.61. The van der Waals surface area contributed by atoms with Gasteiger partial charge in [-0.2, -0.15) is 0 Å². The Morgan fingerprint density at radius 2 is 1.69 bits per heavy atom. The van der Waals surface area contributed by atoms with Crippen molar-refractivity contribution in [3.8, 4) is 0 Å². The van der Waals surface area contributed by atoms with Crippen LogP contribution in [0.4, 0.5) is 0 Å². The normalized spacial score (nSPS) is 11.2. The Balaban J connectivity index is 3.71. The summed E-state index contributed by atoms with van der Waals surface area (Å²) in [6, 6.07) is 0. The van der Waals surface area contributed by atoms with E-state index in [0.717, 1.165) is 25.7 Å². The van der Waals surface area contributed by atoms with Crippen molar-refractivity contribution in [3.63, 3.8) is 0 Å². The highest BCUT2D eigenvalue weighted by Gasteiger charge is 2.26. The van der Waals surface area contributed by atoms with Crippen LogP contribution in [0.1, 0.15) is 46.0 Å². The van der Waals surface area contributed by atoms with Crippen LogP contribution < -0.4 is 16.8 Å². The Labute approximate surface area is 96.9 Å². The third-order valence-electron chi connectivity index (χ3n) is 2.43. The summed E-state index contributed by atoms with van der Waals surface area (Å²) >= 11 is 0. The van der Waals surface area contributed by atoms with Gasteiger partial charge in [-0.25, -0.2) is 0 Å². The summed E-state index contributed by atoms with van der Waals surface area (Å²) in [6.07, 6.45) is 4.28. The van der Waals surface area contributed by atoms with E-state index >= 15 is 0 Å². The Kier molecular flexibility index (Phi) is 6.72. The largest absolute Gasteiger partial charge is 0.368 e. The lowest BCUT2D eigenvalue weighted by atomic mass is 10.0.